The first kappa shape index (κ1) is 18.0. The zero-order valence-corrected chi connectivity index (χ0v) is 13.5. The van der Waals surface area contributed by atoms with Crippen molar-refractivity contribution in [2.75, 3.05) is 26.9 Å². The number of aliphatic hydroxyl groups excluding tert-OH is 1. The number of carbonyl (C=O) groups is 1. The van der Waals surface area contributed by atoms with Gasteiger partial charge in [0.2, 0.25) is 5.91 Å². The fraction of sp³-hybridized carbons (Fsp3) is 0.471. The van der Waals surface area contributed by atoms with Crippen LogP contribution in [-0.4, -0.2) is 37.9 Å². The maximum absolute atomic E-state index is 11.6. The zero-order chi connectivity index (χ0) is 16.4. The molecule has 0 atom stereocenters. The normalized spacial score (nSPS) is 11.0. The second kappa shape index (κ2) is 9.84. The van der Waals surface area contributed by atoms with Gasteiger partial charge in [-0.15, -0.1) is 0 Å². The van der Waals surface area contributed by atoms with E-state index in [0.29, 0.717) is 37.0 Å². The molecule has 22 heavy (non-hydrogen) atoms. The second-order valence-electron chi connectivity index (χ2n) is 5.32. The molecule has 5 heteroatoms. The molecule has 0 spiro atoms. The van der Waals surface area contributed by atoms with Crippen LogP contribution < -0.4 is 14.8 Å². The summed E-state index contributed by atoms with van der Waals surface area (Å²) in [5.41, 5.74) is 0.853. The third-order valence-corrected chi connectivity index (χ3v) is 2.82. The number of methoxy groups -OCH3 is 1. The molecule has 0 fully saturated rings. The Morgan fingerprint density at radius 1 is 1.36 bits per heavy atom. The first-order valence-electron chi connectivity index (χ1n) is 7.44. The summed E-state index contributed by atoms with van der Waals surface area (Å²) in [5.74, 6) is 1.59. The van der Waals surface area contributed by atoms with Gasteiger partial charge in [-0.3, -0.25) is 4.79 Å². The fourth-order valence-corrected chi connectivity index (χ4v) is 1.69. The molecule has 1 rings (SSSR count). The molecule has 0 saturated heterocycles. The first-order valence-corrected chi connectivity index (χ1v) is 7.44. The molecular formula is C17H25NO4. The molecule has 122 valence electrons. The molecule has 0 aliphatic rings. The van der Waals surface area contributed by atoms with E-state index < -0.39 is 0 Å². The number of nitrogens with one attached hydrogen (secondary N) is 1. The molecular weight excluding hydrogens is 282 g/mol. The van der Waals surface area contributed by atoms with E-state index in [2.05, 4.69) is 19.2 Å². The monoisotopic (exact) mass is 307 g/mol. The number of rotatable bonds is 9. The van der Waals surface area contributed by atoms with Crippen molar-refractivity contribution in [1.82, 2.24) is 5.32 Å². The van der Waals surface area contributed by atoms with Gasteiger partial charge in [0.1, 0.15) is 0 Å². The van der Waals surface area contributed by atoms with Crippen LogP contribution in [0.15, 0.2) is 24.3 Å². The molecule has 1 amide bonds. The molecule has 1 aromatic carbocycles. The predicted molar refractivity (Wildman–Crippen MR) is 87.1 cm³/mol. The van der Waals surface area contributed by atoms with Crippen molar-refractivity contribution < 1.29 is 19.4 Å². The van der Waals surface area contributed by atoms with Crippen LogP contribution in [0.1, 0.15) is 25.8 Å². The highest BCUT2D eigenvalue weighted by atomic mass is 16.5. The van der Waals surface area contributed by atoms with Crippen molar-refractivity contribution in [2.24, 2.45) is 5.92 Å². The van der Waals surface area contributed by atoms with Gasteiger partial charge in [-0.1, -0.05) is 19.9 Å². The summed E-state index contributed by atoms with van der Waals surface area (Å²) < 4.78 is 11.0. The van der Waals surface area contributed by atoms with Gasteiger partial charge in [-0.2, -0.15) is 0 Å². The third kappa shape index (κ3) is 6.63. The number of ether oxygens (including phenoxy) is 2. The topological polar surface area (TPSA) is 67.8 Å². The Kier molecular flexibility index (Phi) is 8.07. The smallest absolute Gasteiger partial charge is 0.244 e. The van der Waals surface area contributed by atoms with Crippen LogP contribution in [-0.2, 0) is 4.79 Å². The summed E-state index contributed by atoms with van der Waals surface area (Å²) in [4.78, 5) is 11.6. The lowest BCUT2D eigenvalue weighted by Crippen LogP contribution is -2.22. The van der Waals surface area contributed by atoms with Crippen molar-refractivity contribution >= 4 is 12.0 Å². The van der Waals surface area contributed by atoms with Gasteiger partial charge in [0.25, 0.3) is 0 Å². The maximum atomic E-state index is 11.6. The lowest BCUT2D eigenvalue weighted by molar-refractivity contribution is -0.116. The SMILES string of the molecule is COc1cc(/C=C/C(=O)NCCCO)ccc1OCC(C)C. The Balaban J connectivity index is 2.66. The van der Waals surface area contributed by atoms with Crippen molar-refractivity contribution in [3.63, 3.8) is 0 Å². The van der Waals surface area contributed by atoms with Crippen LogP contribution in [0.3, 0.4) is 0 Å². The van der Waals surface area contributed by atoms with Crippen LogP contribution in [0.2, 0.25) is 0 Å². The molecule has 5 nitrogen and oxygen atoms in total. The molecule has 0 unspecified atom stereocenters. The highest BCUT2D eigenvalue weighted by Gasteiger charge is 2.06. The molecule has 0 aromatic heterocycles. The van der Waals surface area contributed by atoms with Crippen LogP contribution in [0.5, 0.6) is 11.5 Å². The minimum Gasteiger partial charge on any atom is -0.493 e. The standard InChI is InChI=1S/C17H25NO4/c1-13(2)12-22-15-7-5-14(11-16(15)21-3)6-8-17(20)18-9-4-10-19/h5-8,11,13,19H,4,9-10,12H2,1-3H3,(H,18,20)/b8-6+. The summed E-state index contributed by atoms with van der Waals surface area (Å²) in [5, 5.41) is 11.3. The molecule has 0 heterocycles. The molecule has 0 radical (unpaired) electrons. The summed E-state index contributed by atoms with van der Waals surface area (Å²) in [6.45, 7) is 5.32. The largest absolute Gasteiger partial charge is 0.493 e. The van der Waals surface area contributed by atoms with Crippen LogP contribution >= 0.6 is 0 Å². The lowest BCUT2D eigenvalue weighted by atomic mass is 10.2. The lowest BCUT2D eigenvalue weighted by Gasteiger charge is -2.12. The molecule has 2 N–H and O–H groups in total. The summed E-state index contributed by atoms with van der Waals surface area (Å²) in [7, 11) is 1.59. The molecule has 0 aliphatic heterocycles. The fourth-order valence-electron chi connectivity index (χ4n) is 1.69. The van der Waals surface area contributed by atoms with Gasteiger partial charge in [0, 0.05) is 19.2 Å². The number of carbonyl (C=O) groups excluding carboxylic acids is 1. The molecule has 0 aliphatic carbocycles. The van der Waals surface area contributed by atoms with E-state index in [1.165, 1.54) is 6.08 Å². The van der Waals surface area contributed by atoms with E-state index in [-0.39, 0.29) is 12.5 Å². The molecule has 0 saturated carbocycles. The average Bonchev–Trinajstić information content (AvgIpc) is 2.51. The van der Waals surface area contributed by atoms with Crippen molar-refractivity contribution in [3.8, 4) is 11.5 Å². The maximum Gasteiger partial charge on any atom is 0.244 e. The minimum absolute atomic E-state index is 0.0685. The summed E-state index contributed by atoms with van der Waals surface area (Å²) in [6, 6.07) is 5.54. The van der Waals surface area contributed by atoms with Crippen LogP contribution in [0.4, 0.5) is 0 Å². The highest BCUT2D eigenvalue weighted by Crippen LogP contribution is 2.28. The van der Waals surface area contributed by atoms with Crippen molar-refractivity contribution in [2.45, 2.75) is 20.3 Å². The average molecular weight is 307 g/mol. The van der Waals surface area contributed by atoms with Gasteiger partial charge >= 0.3 is 0 Å². The van der Waals surface area contributed by atoms with Crippen molar-refractivity contribution in [3.05, 3.63) is 29.8 Å². The van der Waals surface area contributed by atoms with Gasteiger partial charge in [-0.25, -0.2) is 0 Å². The first-order chi connectivity index (χ1) is 10.6. The number of aliphatic hydroxyl groups is 1. The van der Waals surface area contributed by atoms with Crippen LogP contribution in [0, 0.1) is 5.92 Å². The second-order valence-corrected chi connectivity index (χ2v) is 5.32. The minimum atomic E-state index is -0.187. The van der Waals surface area contributed by atoms with Gasteiger partial charge in [-0.05, 0) is 36.1 Å². The van der Waals surface area contributed by atoms with Gasteiger partial charge < -0.3 is 19.9 Å². The van der Waals surface area contributed by atoms with E-state index in [9.17, 15) is 4.79 Å². The van der Waals surface area contributed by atoms with Crippen molar-refractivity contribution in [1.29, 1.82) is 0 Å². The Bertz CT molecular complexity index is 497. The van der Waals surface area contributed by atoms with E-state index in [4.69, 9.17) is 14.6 Å². The number of amides is 1. The zero-order valence-electron chi connectivity index (χ0n) is 13.5. The van der Waals surface area contributed by atoms with E-state index in [1.807, 2.05) is 18.2 Å². The Morgan fingerprint density at radius 3 is 2.77 bits per heavy atom. The Hall–Kier alpha value is -2.01. The Labute approximate surface area is 131 Å². The molecule has 1 aromatic rings. The quantitative estimate of drug-likeness (QED) is 0.542. The van der Waals surface area contributed by atoms with Crippen LogP contribution in [0.25, 0.3) is 6.08 Å². The number of hydrogen-bond acceptors (Lipinski definition) is 4. The van der Waals surface area contributed by atoms with Gasteiger partial charge in [0.15, 0.2) is 11.5 Å². The van der Waals surface area contributed by atoms with E-state index in [0.717, 1.165) is 5.56 Å². The summed E-state index contributed by atoms with van der Waals surface area (Å²) in [6.07, 6.45) is 3.72. The summed E-state index contributed by atoms with van der Waals surface area (Å²) >= 11 is 0. The highest BCUT2D eigenvalue weighted by molar-refractivity contribution is 5.91. The third-order valence-electron chi connectivity index (χ3n) is 2.82. The number of benzene rings is 1. The van der Waals surface area contributed by atoms with Gasteiger partial charge in [0.05, 0.1) is 13.7 Å². The molecule has 0 bridgehead atoms. The Morgan fingerprint density at radius 2 is 2.14 bits per heavy atom. The number of hydrogen-bond donors (Lipinski definition) is 2. The predicted octanol–water partition coefficient (Wildman–Crippen LogP) is 2.24. The van der Waals surface area contributed by atoms with E-state index >= 15 is 0 Å². The van der Waals surface area contributed by atoms with E-state index in [1.54, 1.807) is 13.2 Å².